The molecule has 0 radical (unpaired) electrons. The molecule has 0 aliphatic carbocycles. The third kappa shape index (κ3) is 1.98. The van der Waals surface area contributed by atoms with Crippen molar-refractivity contribution < 1.29 is 9.50 Å². The van der Waals surface area contributed by atoms with Crippen molar-refractivity contribution in [1.82, 2.24) is 4.57 Å². The zero-order chi connectivity index (χ0) is 11.0. The summed E-state index contributed by atoms with van der Waals surface area (Å²) in [5, 5.41) is 10.3. The molecule has 15 heavy (non-hydrogen) atoms. The fourth-order valence-electron chi connectivity index (χ4n) is 1.63. The molecule has 1 heterocycles. The first-order chi connectivity index (χ1) is 7.08. The summed E-state index contributed by atoms with van der Waals surface area (Å²) in [7, 11) is 0. The third-order valence-corrected chi connectivity index (χ3v) is 2.56. The van der Waals surface area contributed by atoms with E-state index in [1.54, 1.807) is 17.6 Å². The minimum Gasteiger partial charge on any atom is -0.392 e. The lowest BCUT2D eigenvalue weighted by Crippen LogP contribution is -2.10. The number of aliphatic hydroxyl groups is 1. The summed E-state index contributed by atoms with van der Waals surface area (Å²) in [5.41, 5.74) is 0.748. The molecule has 0 fully saturated rings. The van der Waals surface area contributed by atoms with Crippen molar-refractivity contribution in [3.63, 3.8) is 0 Å². The highest BCUT2D eigenvalue weighted by Gasteiger charge is 2.07. The molecule has 0 aliphatic heterocycles. The topological polar surface area (TPSA) is 25.2 Å². The minimum absolute atomic E-state index is 0.122. The molecule has 2 rings (SSSR count). The number of fused-ring (bicyclic) bond motifs is 1. The van der Waals surface area contributed by atoms with Gasteiger partial charge in [0.05, 0.1) is 16.6 Å². The van der Waals surface area contributed by atoms with E-state index in [1.165, 1.54) is 6.07 Å². The molecular formula is C11H11ClFNO. The molecule has 0 spiro atoms. The molecule has 0 saturated carbocycles. The average Bonchev–Trinajstić information content (AvgIpc) is 2.49. The van der Waals surface area contributed by atoms with Gasteiger partial charge in [-0.15, -0.1) is 0 Å². The van der Waals surface area contributed by atoms with Crippen LogP contribution in [0.3, 0.4) is 0 Å². The SMILES string of the molecule is C[C@@H](O)Cn1ccc2cc(Cl)c(F)cc21. The molecule has 1 N–H and O–H groups in total. The molecule has 2 aromatic rings. The van der Waals surface area contributed by atoms with Crippen molar-refractivity contribution in [2.75, 3.05) is 0 Å². The van der Waals surface area contributed by atoms with Crippen LogP contribution >= 0.6 is 11.6 Å². The van der Waals surface area contributed by atoms with E-state index in [2.05, 4.69) is 0 Å². The standard InChI is InChI=1S/C11H11ClFNO/c1-7(15)6-14-3-2-8-4-9(12)10(13)5-11(8)14/h2-5,7,15H,6H2,1H3/t7-/m1/s1. The fourth-order valence-corrected chi connectivity index (χ4v) is 1.80. The Morgan fingerprint density at radius 2 is 2.27 bits per heavy atom. The van der Waals surface area contributed by atoms with Crippen LogP contribution in [0.5, 0.6) is 0 Å². The monoisotopic (exact) mass is 227 g/mol. The van der Waals surface area contributed by atoms with Crippen LogP contribution in [0.25, 0.3) is 10.9 Å². The number of aromatic nitrogens is 1. The van der Waals surface area contributed by atoms with Crippen molar-refractivity contribution >= 4 is 22.5 Å². The number of nitrogens with zero attached hydrogens (tertiary/aromatic N) is 1. The molecule has 1 aromatic heterocycles. The van der Waals surface area contributed by atoms with Crippen LogP contribution in [-0.2, 0) is 6.54 Å². The first-order valence-electron chi connectivity index (χ1n) is 4.70. The molecule has 4 heteroatoms. The van der Waals surface area contributed by atoms with E-state index in [0.717, 1.165) is 10.9 Å². The lowest BCUT2D eigenvalue weighted by Gasteiger charge is -2.07. The third-order valence-electron chi connectivity index (χ3n) is 2.27. The number of aliphatic hydroxyl groups excluding tert-OH is 1. The fraction of sp³-hybridized carbons (Fsp3) is 0.273. The summed E-state index contributed by atoms with van der Waals surface area (Å²) in [6.45, 7) is 2.14. The predicted molar refractivity (Wildman–Crippen MR) is 58.6 cm³/mol. The molecule has 0 saturated heterocycles. The van der Waals surface area contributed by atoms with Gasteiger partial charge in [0.1, 0.15) is 5.82 Å². The second-order valence-corrected chi connectivity index (χ2v) is 4.05. The quantitative estimate of drug-likeness (QED) is 0.839. The van der Waals surface area contributed by atoms with E-state index in [-0.39, 0.29) is 5.02 Å². The van der Waals surface area contributed by atoms with Crippen LogP contribution in [-0.4, -0.2) is 15.8 Å². The van der Waals surface area contributed by atoms with Crippen LogP contribution in [0.4, 0.5) is 4.39 Å². The average molecular weight is 228 g/mol. The zero-order valence-electron chi connectivity index (χ0n) is 8.24. The van der Waals surface area contributed by atoms with Crippen molar-refractivity contribution in [1.29, 1.82) is 0 Å². The Hall–Kier alpha value is -1.06. The van der Waals surface area contributed by atoms with E-state index in [0.29, 0.717) is 6.54 Å². The van der Waals surface area contributed by atoms with E-state index in [9.17, 15) is 9.50 Å². The summed E-state index contributed by atoms with van der Waals surface area (Å²) in [4.78, 5) is 0. The van der Waals surface area contributed by atoms with E-state index >= 15 is 0 Å². The molecule has 0 unspecified atom stereocenters. The van der Waals surface area contributed by atoms with E-state index in [4.69, 9.17) is 11.6 Å². The van der Waals surface area contributed by atoms with Crippen molar-refractivity contribution in [3.8, 4) is 0 Å². The maximum Gasteiger partial charge on any atom is 0.143 e. The van der Waals surface area contributed by atoms with Gasteiger partial charge >= 0.3 is 0 Å². The lowest BCUT2D eigenvalue weighted by atomic mass is 10.2. The molecule has 0 amide bonds. The Morgan fingerprint density at radius 3 is 2.93 bits per heavy atom. The first-order valence-corrected chi connectivity index (χ1v) is 5.07. The molecular weight excluding hydrogens is 217 g/mol. The molecule has 2 nitrogen and oxygen atoms in total. The maximum absolute atomic E-state index is 13.2. The Bertz CT molecular complexity index is 493. The van der Waals surface area contributed by atoms with Crippen LogP contribution < -0.4 is 0 Å². The zero-order valence-corrected chi connectivity index (χ0v) is 9.00. The summed E-state index contributed by atoms with van der Waals surface area (Å²) in [6.07, 6.45) is 1.35. The number of rotatable bonds is 2. The maximum atomic E-state index is 13.2. The van der Waals surface area contributed by atoms with Crippen LogP contribution in [0.1, 0.15) is 6.92 Å². The number of hydrogen-bond acceptors (Lipinski definition) is 1. The smallest absolute Gasteiger partial charge is 0.143 e. The number of halogens is 2. The normalized spacial score (nSPS) is 13.3. The molecule has 0 bridgehead atoms. The molecule has 1 atom stereocenters. The van der Waals surface area contributed by atoms with Gasteiger partial charge in [-0.1, -0.05) is 11.6 Å². The minimum atomic E-state index is -0.459. The van der Waals surface area contributed by atoms with Crippen LogP contribution in [0, 0.1) is 5.82 Å². The van der Waals surface area contributed by atoms with Gasteiger partial charge in [-0.25, -0.2) is 4.39 Å². The highest BCUT2D eigenvalue weighted by Crippen LogP contribution is 2.23. The van der Waals surface area contributed by atoms with Gasteiger partial charge in [-0.3, -0.25) is 0 Å². The Labute approximate surface area is 91.9 Å². The second-order valence-electron chi connectivity index (χ2n) is 3.64. The Morgan fingerprint density at radius 1 is 1.53 bits per heavy atom. The van der Waals surface area contributed by atoms with E-state index in [1.807, 2.05) is 12.3 Å². The Kier molecular flexibility index (Phi) is 2.67. The molecule has 0 aliphatic rings. The lowest BCUT2D eigenvalue weighted by molar-refractivity contribution is 0.175. The Balaban J connectivity index is 2.54. The van der Waals surface area contributed by atoms with Crippen LogP contribution in [0.2, 0.25) is 5.02 Å². The molecule has 1 aromatic carbocycles. The van der Waals surface area contributed by atoms with Crippen LogP contribution in [0.15, 0.2) is 24.4 Å². The van der Waals surface area contributed by atoms with E-state index < -0.39 is 11.9 Å². The summed E-state index contributed by atoms with van der Waals surface area (Å²) >= 11 is 5.67. The largest absolute Gasteiger partial charge is 0.392 e. The van der Waals surface area contributed by atoms with Gasteiger partial charge in [-0.05, 0) is 25.1 Å². The van der Waals surface area contributed by atoms with Gasteiger partial charge in [0.2, 0.25) is 0 Å². The van der Waals surface area contributed by atoms with Crippen molar-refractivity contribution in [3.05, 3.63) is 35.2 Å². The number of benzene rings is 1. The predicted octanol–water partition coefficient (Wildman–Crippen LogP) is 2.81. The molecule has 80 valence electrons. The first kappa shape index (κ1) is 10.5. The van der Waals surface area contributed by atoms with Crippen molar-refractivity contribution in [2.45, 2.75) is 19.6 Å². The van der Waals surface area contributed by atoms with Crippen molar-refractivity contribution in [2.24, 2.45) is 0 Å². The summed E-state index contributed by atoms with van der Waals surface area (Å²) in [5.74, 6) is -0.435. The van der Waals surface area contributed by atoms with Gasteiger partial charge in [0, 0.05) is 18.1 Å². The van der Waals surface area contributed by atoms with Gasteiger partial charge in [0.25, 0.3) is 0 Å². The van der Waals surface area contributed by atoms with Gasteiger partial charge in [0.15, 0.2) is 0 Å². The van der Waals surface area contributed by atoms with Gasteiger partial charge in [-0.2, -0.15) is 0 Å². The summed E-state index contributed by atoms with van der Waals surface area (Å²) < 4.78 is 15.0. The van der Waals surface area contributed by atoms with Gasteiger partial charge < -0.3 is 9.67 Å². The number of hydrogen-bond donors (Lipinski definition) is 1. The highest BCUT2D eigenvalue weighted by atomic mass is 35.5. The second kappa shape index (κ2) is 3.83. The summed E-state index contributed by atoms with van der Waals surface area (Å²) in [6, 6.07) is 4.83. The highest BCUT2D eigenvalue weighted by molar-refractivity contribution is 6.31.